The number of carbonyl (C=O) groups is 1. The van der Waals surface area contributed by atoms with Crippen molar-refractivity contribution in [2.24, 2.45) is 0 Å². The third-order valence-electron chi connectivity index (χ3n) is 2.35. The van der Waals surface area contributed by atoms with E-state index in [1.54, 1.807) is 24.3 Å². The number of halogens is 1. The fraction of sp³-hybridized carbons (Fsp3) is 0.182. The molecule has 0 fully saturated rings. The van der Waals surface area contributed by atoms with Gasteiger partial charge in [0.1, 0.15) is 0 Å². The molecule has 0 saturated carbocycles. The van der Waals surface area contributed by atoms with Gasteiger partial charge in [-0.1, -0.05) is 28.9 Å². The van der Waals surface area contributed by atoms with Crippen molar-refractivity contribution in [3.8, 4) is 0 Å². The zero-order valence-corrected chi connectivity index (χ0v) is 9.95. The minimum atomic E-state index is -1.15. The summed E-state index contributed by atoms with van der Waals surface area (Å²) in [7, 11) is 0. The number of rotatable bonds is 4. The molecule has 0 aliphatic rings. The Bertz CT molecular complexity index is 570. The van der Waals surface area contributed by atoms with E-state index in [4.69, 9.17) is 16.7 Å². The second-order valence-electron chi connectivity index (χ2n) is 3.70. The fourth-order valence-corrected chi connectivity index (χ4v) is 1.68. The summed E-state index contributed by atoms with van der Waals surface area (Å²) in [5.74, 6) is -1.15. The molecule has 0 spiro atoms. The Hall–Kier alpha value is -1.92. The highest BCUT2D eigenvalue weighted by molar-refractivity contribution is 6.30. The van der Waals surface area contributed by atoms with E-state index < -0.39 is 12.1 Å². The van der Waals surface area contributed by atoms with Gasteiger partial charge in [-0.2, -0.15) is 0 Å². The van der Waals surface area contributed by atoms with Crippen molar-refractivity contribution < 1.29 is 15.0 Å². The summed E-state index contributed by atoms with van der Waals surface area (Å²) in [6, 6.07) is 6.80. The summed E-state index contributed by atoms with van der Waals surface area (Å²) >= 11 is 5.81. The standard InChI is InChI=1S/C11H10ClN3O3/c12-8-3-1-2-7(4-8)10(16)6-15-5-9(11(17)18)13-14-15/h1-5,10,16H,6H2,(H,17,18). The molecular formula is C11H10ClN3O3. The van der Waals surface area contributed by atoms with E-state index in [1.807, 2.05) is 0 Å². The van der Waals surface area contributed by atoms with Crippen molar-refractivity contribution >= 4 is 17.6 Å². The lowest BCUT2D eigenvalue weighted by molar-refractivity contribution is 0.0690. The Balaban J connectivity index is 2.11. The van der Waals surface area contributed by atoms with Crippen LogP contribution in [0.25, 0.3) is 0 Å². The Labute approximate surface area is 107 Å². The van der Waals surface area contributed by atoms with Crippen LogP contribution in [0.15, 0.2) is 30.5 Å². The highest BCUT2D eigenvalue weighted by Crippen LogP contribution is 2.18. The average molecular weight is 268 g/mol. The van der Waals surface area contributed by atoms with Crippen LogP contribution in [0.5, 0.6) is 0 Å². The van der Waals surface area contributed by atoms with Gasteiger partial charge in [0, 0.05) is 5.02 Å². The Morgan fingerprint density at radius 2 is 2.28 bits per heavy atom. The molecule has 94 valence electrons. The quantitative estimate of drug-likeness (QED) is 0.873. The van der Waals surface area contributed by atoms with Crippen molar-refractivity contribution in [2.45, 2.75) is 12.6 Å². The van der Waals surface area contributed by atoms with Crippen molar-refractivity contribution in [1.82, 2.24) is 15.0 Å². The van der Waals surface area contributed by atoms with Gasteiger partial charge in [-0.15, -0.1) is 5.10 Å². The van der Waals surface area contributed by atoms with Crippen LogP contribution >= 0.6 is 11.6 Å². The lowest BCUT2D eigenvalue weighted by Gasteiger charge is -2.10. The van der Waals surface area contributed by atoms with Gasteiger partial charge in [0.25, 0.3) is 0 Å². The molecule has 2 rings (SSSR count). The second-order valence-corrected chi connectivity index (χ2v) is 4.14. The molecule has 18 heavy (non-hydrogen) atoms. The number of aromatic nitrogens is 3. The molecule has 2 N–H and O–H groups in total. The SMILES string of the molecule is O=C(O)c1cn(CC(O)c2cccc(Cl)c2)nn1. The second kappa shape index (κ2) is 5.16. The Morgan fingerprint density at radius 1 is 1.50 bits per heavy atom. The lowest BCUT2D eigenvalue weighted by atomic mass is 10.1. The van der Waals surface area contributed by atoms with E-state index in [9.17, 15) is 9.90 Å². The molecule has 0 aliphatic carbocycles. The molecule has 0 bridgehead atoms. The highest BCUT2D eigenvalue weighted by Gasteiger charge is 2.12. The van der Waals surface area contributed by atoms with Gasteiger partial charge in [0.15, 0.2) is 5.69 Å². The van der Waals surface area contributed by atoms with Crippen LogP contribution in [0.4, 0.5) is 0 Å². The first-order chi connectivity index (χ1) is 8.56. The van der Waals surface area contributed by atoms with Crippen molar-refractivity contribution in [1.29, 1.82) is 0 Å². The van der Waals surface area contributed by atoms with Gasteiger partial charge in [0.05, 0.1) is 18.8 Å². The van der Waals surface area contributed by atoms with Crippen LogP contribution < -0.4 is 0 Å². The topological polar surface area (TPSA) is 88.2 Å². The van der Waals surface area contributed by atoms with E-state index in [1.165, 1.54) is 10.9 Å². The normalized spacial score (nSPS) is 12.3. The van der Waals surface area contributed by atoms with Crippen LogP contribution in [-0.2, 0) is 6.54 Å². The first-order valence-corrected chi connectivity index (χ1v) is 5.51. The van der Waals surface area contributed by atoms with Gasteiger partial charge < -0.3 is 10.2 Å². The predicted molar refractivity (Wildman–Crippen MR) is 63.4 cm³/mol. The number of aliphatic hydroxyl groups excluding tert-OH is 1. The van der Waals surface area contributed by atoms with E-state index in [2.05, 4.69) is 10.3 Å². The van der Waals surface area contributed by atoms with Crippen molar-refractivity contribution in [3.63, 3.8) is 0 Å². The predicted octanol–water partition coefficient (Wildman–Crippen LogP) is 1.36. The Morgan fingerprint density at radius 3 is 2.89 bits per heavy atom. The van der Waals surface area contributed by atoms with E-state index in [-0.39, 0.29) is 12.2 Å². The van der Waals surface area contributed by atoms with E-state index in [0.717, 1.165) is 0 Å². The molecule has 2 aromatic rings. The molecule has 1 aromatic carbocycles. The maximum atomic E-state index is 10.6. The summed E-state index contributed by atoms with van der Waals surface area (Å²) in [4.78, 5) is 10.6. The molecule has 1 aromatic heterocycles. The zero-order chi connectivity index (χ0) is 13.1. The fourth-order valence-electron chi connectivity index (χ4n) is 1.48. The first kappa shape index (κ1) is 12.5. The van der Waals surface area contributed by atoms with Crippen LogP contribution in [0, 0.1) is 0 Å². The molecule has 1 unspecified atom stereocenters. The summed E-state index contributed by atoms with van der Waals surface area (Å²) in [5, 5.41) is 26.2. The minimum absolute atomic E-state index is 0.112. The van der Waals surface area contributed by atoms with E-state index in [0.29, 0.717) is 10.6 Å². The van der Waals surface area contributed by atoms with Gasteiger partial charge >= 0.3 is 5.97 Å². The third kappa shape index (κ3) is 2.85. The van der Waals surface area contributed by atoms with Gasteiger partial charge in [0.2, 0.25) is 0 Å². The largest absolute Gasteiger partial charge is 0.476 e. The van der Waals surface area contributed by atoms with Crippen LogP contribution in [0.3, 0.4) is 0 Å². The minimum Gasteiger partial charge on any atom is -0.476 e. The number of hydrogen-bond acceptors (Lipinski definition) is 4. The smallest absolute Gasteiger partial charge is 0.358 e. The number of carboxylic acid groups (broad SMARTS) is 1. The number of aromatic carboxylic acids is 1. The summed E-state index contributed by atoms with van der Waals surface area (Å²) in [5.41, 5.74) is 0.475. The van der Waals surface area contributed by atoms with Gasteiger partial charge in [-0.25, -0.2) is 9.48 Å². The van der Waals surface area contributed by atoms with Crippen molar-refractivity contribution in [2.75, 3.05) is 0 Å². The van der Waals surface area contributed by atoms with E-state index >= 15 is 0 Å². The lowest BCUT2D eigenvalue weighted by Crippen LogP contribution is -2.09. The van der Waals surface area contributed by atoms with Crippen LogP contribution in [0.1, 0.15) is 22.2 Å². The average Bonchev–Trinajstić information content (AvgIpc) is 2.77. The molecule has 1 heterocycles. The molecule has 6 nitrogen and oxygen atoms in total. The zero-order valence-electron chi connectivity index (χ0n) is 9.19. The molecule has 0 saturated heterocycles. The molecule has 0 aliphatic heterocycles. The van der Waals surface area contributed by atoms with Crippen molar-refractivity contribution in [3.05, 3.63) is 46.7 Å². The van der Waals surface area contributed by atoms with Gasteiger partial charge in [-0.3, -0.25) is 0 Å². The van der Waals surface area contributed by atoms with Crippen LogP contribution in [-0.4, -0.2) is 31.2 Å². The maximum Gasteiger partial charge on any atom is 0.358 e. The molecular weight excluding hydrogens is 258 g/mol. The molecule has 7 heteroatoms. The first-order valence-electron chi connectivity index (χ1n) is 5.13. The molecule has 1 atom stereocenters. The highest BCUT2D eigenvalue weighted by atomic mass is 35.5. The number of aliphatic hydroxyl groups is 1. The number of hydrogen-bond donors (Lipinski definition) is 2. The Kier molecular flexibility index (Phi) is 3.59. The molecule has 0 amide bonds. The number of carboxylic acids is 1. The number of nitrogens with zero attached hydrogens (tertiary/aromatic N) is 3. The summed E-state index contributed by atoms with van der Waals surface area (Å²) in [6.07, 6.45) is 0.433. The molecule has 0 radical (unpaired) electrons. The third-order valence-corrected chi connectivity index (χ3v) is 2.59. The maximum absolute atomic E-state index is 10.6. The summed E-state index contributed by atoms with van der Waals surface area (Å²) in [6.45, 7) is 0.112. The number of benzene rings is 1. The monoisotopic (exact) mass is 267 g/mol. The summed E-state index contributed by atoms with van der Waals surface area (Å²) < 4.78 is 1.27. The van der Waals surface area contributed by atoms with Crippen LogP contribution in [0.2, 0.25) is 5.02 Å². The van der Waals surface area contributed by atoms with Gasteiger partial charge in [-0.05, 0) is 17.7 Å².